The number of carbonyl (C=O) groups excluding carboxylic acids is 1. The molecule has 1 aromatic carbocycles. The molecule has 0 aliphatic carbocycles. The first kappa shape index (κ1) is 12.6. The molecule has 2 rings (SSSR count). The van der Waals surface area contributed by atoms with Crippen LogP contribution in [0.5, 0.6) is 0 Å². The third-order valence-electron chi connectivity index (χ3n) is 2.42. The molecule has 98 valence electrons. The summed E-state index contributed by atoms with van der Waals surface area (Å²) in [6.07, 6.45) is 0. The van der Waals surface area contributed by atoms with Crippen molar-refractivity contribution < 1.29 is 19.4 Å². The molecular weight excluding hydrogens is 252 g/mol. The molecule has 0 amide bonds. The Morgan fingerprint density at radius 3 is 2.79 bits per heavy atom. The molecule has 0 saturated heterocycles. The quantitative estimate of drug-likeness (QED) is 0.765. The van der Waals surface area contributed by atoms with Crippen LogP contribution in [-0.4, -0.2) is 39.1 Å². The smallest absolute Gasteiger partial charge is 0.362 e. The van der Waals surface area contributed by atoms with Gasteiger partial charge in [-0.3, -0.25) is 0 Å². The molecule has 0 radical (unpaired) electrons. The Kier molecular flexibility index (Phi) is 3.15. The van der Waals surface area contributed by atoms with Crippen molar-refractivity contribution in [1.29, 1.82) is 0 Å². The fourth-order valence-electron chi connectivity index (χ4n) is 1.49. The van der Waals surface area contributed by atoms with Gasteiger partial charge in [0.2, 0.25) is 5.69 Å². The number of hydrogen-bond acceptors (Lipinski definition) is 6. The Hall–Kier alpha value is -2.90. The second kappa shape index (κ2) is 4.77. The zero-order valence-corrected chi connectivity index (χ0v) is 9.90. The first-order chi connectivity index (χ1) is 9.04. The molecule has 0 saturated carbocycles. The highest BCUT2D eigenvalue weighted by Crippen LogP contribution is 2.16. The predicted molar refractivity (Wildman–Crippen MR) is 64.1 cm³/mol. The molecule has 0 aliphatic heterocycles. The number of carboxylic acids is 1. The Bertz CT molecular complexity index is 650. The van der Waals surface area contributed by atoms with Crippen LogP contribution in [0, 0.1) is 0 Å². The zero-order chi connectivity index (χ0) is 14.0. The number of nitrogens with zero attached hydrogens (tertiary/aromatic N) is 3. The minimum Gasteiger partial charge on any atom is -0.478 e. The minimum absolute atomic E-state index is 0.0191. The summed E-state index contributed by atoms with van der Waals surface area (Å²) in [4.78, 5) is 22.2. The molecule has 0 unspecified atom stereocenters. The number of anilines is 1. The summed E-state index contributed by atoms with van der Waals surface area (Å²) in [6, 6.07) is 5.94. The Balaban J connectivity index is 2.48. The van der Waals surface area contributed by atoms with Gasteiger partial charge >= 0.3 is 11.9 Å². The van der Waals surface area contributed by atoms with Crippen molar-refractivity contribution in [2.24, 2.45) is 0 Å². The third-order valence-corrected chi connectivity index (χ3v) is 2.42. The summed E-state index contributed by atoms with van der Waals surface area (Å²) in [6.45, 7) is 0. The van der Waals surface area contributed by atoms with Crippen molar-refractivity contribution in [3.05, 3.63) is 35.5 Å². The Morgan fingerprint density at radius 1 is 1.42 bits per heavy atom. The SMILES string of the molecule is COC(=O)c1nnn(-c2cccc(C(=O)O)c2)c1N. The first-order valence-electron chi connectivity index (χ1n) is 5.18. The summed E-state index contributed by atoms with van der Waals surface area (Å²) in [7, 11) is 1.20. The van der Waals surface area contributed by atoms with E-state index in [9.17, 15) is 9.59 Å². The normalized spacial score (nSPS) is 10.2. The molecular formula is C11H10N4O4. The van der Waals surface area contributed by atoms with Gasteiger partial charge in [0.25, 0.3) is 0 Å². The van der Waals surface area contributed by atoms with Gasteiger partial charge in [-0.25, -0.2) is 9.59 Å². The molecule has 1 aromatic heterocycles. The summed E-state index contributed by atoms with van der Waals surface area (Å²) in [5.74, 6) is -1.80. The van der Waals surface area contributed by atoms with Crippen molar-refractivity contribution in [1.82, 2.24) is 15.0 Å². The van der Waals surface area contributed by atoms with E-state index in [0.717, 1.165) is 0 Å². The molecule has 0 bridgehead atoms. The van der Waals surface area contributed by atoms with Gasteiger partial charge in [-0.15, -0.1) is 5.10 Å². The fraction of sp³-hybridized carbons (Fsp3) is 0.0909. The van der Waals surface area contributed by atoms with Crippen LogP contribution in [0.3, 0.4) is 0 Å². The monoisotopic (exact) mass is 262 g/mol. The van der Waals surface area contributed by atoms with Gasteiger partial charge in [-0.05, 0) is 18.2 Å². The van der Waals surface area contributed by atoms with E-state index in [1.54, 1.807) is 6.07 Å². The Morgan fingerprint density at radius 2 is 2.16 bits per heavy atom. The van der Waals surface area contributed by atoms with Gasteiger partial charge in [-0.1, -0.05) is 11.3 Å². The van der Waals surface area contributed by atoms with Crippen LogP contribution >= 0.6 is 0 Å². The maximum absolute atomic E-state index is 11.3. The third kappa shape index (κ3) is 2.23. The summed E-state index contributed by atoms with van der Waals surface area (Å²) in [5.41, 5.74) is 6.07. The van der Waals surface area contributed by atoms with Crippen molar-refractivity contribution >= 4 is 17.8 Å². The largest absolute Gasteiger partial charge is 0.478 e. The van der Waals surface area contributed by atoms with Crippen molar-refractivity contribution in [3.8, 4) is 5.69 Å². The van der Waals surface area contributed by atoms with Gasteiger partial charge in [0.05, 0.1) is 18.4 Å². The highest BCUT2D eigenvalue weighted by atomic mass is 16.5. The number of rotatable bonds is 3. The van der Waals surface area contributed by atoms with Crippen LogP contribution in [-0.2, 0) is 4.74 Å². The van der Waals surface area contributed by atoms with Gasteiger partial charge < -0.3 is 15.6 Å². The van der Waals surface area contributed by atoms with Gasteiger partial charge in [0.1, 0.15) is 0 Å². The molecule has 0 fully saturated rings. The van der Waals surface area contributed by atoms with Crippen LogP contribution in [0.4, 0.5) is 5.82 Å². The molecule has 0 aliphatic rings. The molecule has 8 nitrogen and oxygen atoms in total. The van der Waals surface area contributed by atoms with E-state index in [1.807, 2.05) is 0 Å². The number of carboxylic acid groups (broad SMARTS) is 1. The number of carbonyl (C=O) groups is 2. The van der Waals surface area contributed by atoms with Crippen LogP contribution in [0.2, 0.25) is 0 Å². The number of benzene rings is 1. The fourth-order valence-corrected chi connectivity index (χ4v) is 1.49. The van der Waals surface area contributed by atoms with Crippen molar-refractivity contribution in [2.75, 3.05) is 12.8 Å². The lowest BCUT2D eigenvalue weighted by molar-refractivity contribution is 0.0594. The summed E-state index contributed by atoms with van der Waals surface area (Å²) in [5, 5.41) is 16.2. The molecule has 3 N–H and O–H groups in total. The average molecular weight is 262 g/mol. The topological polar surface area (TPSA) is 120 Å². The number of aromatic nitrogens is 3. The van der Waals surface area contributed by atoms with E-state index in [-0.39, 0.29) is 17.1 Å². The van der Waals surface area contributed by atoms with E-state index in [4.69, 9.17) is 10.8 Å². The average Bonchev–Trinajstić information content (AvgIpc) is 2.80. The number of aromatic carboxylic acids is 1. The van der Waals surface area contributed by atoms with E-state index in [0.29, 0.717) is 5.69 Å². The lowest BCUT2D eigenvalue weighted by atomic mass is 10.2. The van der Waals surface area contributed by atoms with Crippen LogP contribution in [0.25, 0.3) is 5.69 Å². The number of nitrogens with two attached hydrogens (primary N) is 1. The first-order valence-corrected chi connectivity index (χ1v) is 5.18. The standard InChI is InChI=1S/C11H10N4O4/c1-19-11(18)8-9(12)15(14-13-8)7-4-2-3-6(5-7)10(16)17/h2-5H,12H2,1H3,(H,16,17). The van der Waals surface area contributed by atoms with E-state index in [2.05, 4.69) is 15.0 Å². The van der Waals surface area contributed by atoms with Crippen LogP contribution in [0.15, 0.2) is 24.3 Å². The molecule has 19 heavy (non-hydrogen) atoms. The summed E-state index contributed by atoms with van der Waals surface area (Å²) < 4.78 is 5.66. The van der Waals surface area contributed by atoms with Crippen LogP contribution < -0.4 is 5.73 Å². The Labute approximate surface area is 107 Å². The van der Waals surface area contributed by atoms with E-state index >= 15 is 0 Å². The van der Waals surface area contributed by atoms with Gasteiger partial charge in [0, 0.05) is 0 Å². The molecule has 0 atom stereocenters. The van der Waals surface area contributed by atoms with E-state index in [1.165, 1.54) is 30.0 Å². The molecule has 1 heterocycles. The summed E-state index contributed by atoms with van der Waals surface area (Å²) >= 11 is 0. The lowest BCUT2D eigenvalue weighted by Crippen LogP contribution is -2.08. The van der Waals surface area contributed by atoms with Gasteiger partial charge in [-0.2, -0.15) is 4.68 Å². The van der Waals surface area contributed by atoms with E-state index < -0.39 is 11.9 Å². The highest BCUT2D eigenvalue weighted by Gasteiger charge is 2.19. The second-order valence-electron chi connectivity index (χ2n) is 3.58. The highest BCUT2D eigenvalue weighted by molar-refractivity contribution is 5.92. The van der Waals surface area contributed by atoms with Crippen LogP contribution in [0.1, 0.15) is 20.8 Å². The maximum Gasteiger partial charge on any atom is 0.362 e. The molecule has 2 aromatic rings. The van der Waals surface area contributed by atoms with Crippen molar-refractivity contribution in [2.45, 2.75) is 0 Å². The van der Waals surface area contributed by atoms with Gasteiger partial charge in [0.15, 0.2) is 5.82 Å². The number of esters is 1. The number of methoxy groups -OCH3 is 1. The number of ether oxygens (including phenoxy) is 1. The predicted octanol–water partition coefficient (Wildman–Crippen LogP) is 0.334. The lowest BCUT2D eigenvalue weighted by Gasteiger charge is -2.04. The number of nitrogen functional groups attached to an aromatic ring is 1. The van der Waals surface area contributed by atoms with Crippen molar-refractivity contribution in [3.63, 3.8) is 0 Å². The number of hydrogen-bond donors (Lipinski definition) is 2. The second-order valence-corrected chi connectivity index (χ2v) is 3.58. The molecule has 8 heteroatoms. The zero-order valence-electron chi connectivity index (χ0n) is 9.90. The minimum atomic E-state index is -1.08. The molecule has 0 spiro atoms. The maximum atomic E-state index is 11.3.